The molecule has 1 aliphatic rings. The van der Waals surface area contributed by atoms with Crippen LogP contribution in [0.5, 0.6) is 0 Å². The van der Waals surface area contributed by atoms with Gasteiger partial charge in [0.05, 0.1) is 0 Å². The molecule has 16 heavy (non-hydrogen) atoms. The molecule has 1 aliphatic heterocycles. The molecule has 0 amide bonds. The molecule has 1 atom stereocenters. The molecule has 1 aromatic rings. The Morgan fingerprint density at radius 2 is 2.12 bits per heavy atom. The highest BCUT2D eigenvalue weighted by atomic mass is 15.2. The van der Waals surface area contributed by atoms with Gasteiger partial charge in [-0.05, 0) is 37.3 Å². The van der Waals surface area contributed by atoms with E-state index in [2.05, 4.69) is 36.1 Å². The van der Waals surface area contributed by atoms with E-state index in [1.54, 1.807) is 0 Å². The molecule has 1 heterocycles. The average Bonchev–Trinajstić information content (AvgIpc) is 2.38. The molecule has 0 spiro atoms. The SMILES string of the molecule is CC[C@@H]1CCCCN1c1ccccc1CN. The molecule has 2 nitrogen and oxygen atoms in total. The Morgan fingerprint density at radius 3 is 2.88 bits per heavy atom. The first kappa shape index (κ1) is 11.5. The summed E-state index contributed by atoms with van der Waals surface area (Å²) in [5, 5.41) is 0. The lowest BCUT2D eigenvalue weighted by Crippen LogP contribution is -2.39. The fourth-order valence-electron chi connectivity index (χ4n) is 2.71. The minimum absolute atomic E-state index is 0.642. The first-order valence-electron chi connectivity index (χ1n) is 6.41. The van der Waals surface area contributed by atoms with Gasteiger partial charge >= 0.3 is 0 Å². The van der Waals surface area contributed by atoms with Crippen molar-refractivity contribution in [2.24, 2.45) is 5.73 Å². The van der Waals surface area contributed by atoms with Crippen LogP contribution in [0.25, 0.3) is 0 Å². The van der Waals surface area contributed by atoms with E-state index in [1.165, 1.54) is 43.5 Å². The number of hydrogen-bond donors (Lipinski definition) is 1. The summed E-state index contributed by atoms with van der Waals surface area (Å²) in [5.41, 5.74) is 8.46. The Kier molecular flexibility index (Phi) is 3.83. The quantitative estimate of drug-likeness (QED) is 0.845. The van der Waals surface area contributed by atoms with Crippen LogP contribution in [0.15, 0.2) is 24.3 Å². The van der Waals surface area contributed by atoms with Gasteiger partial charge in [-0.15, -0.1) is 0 Å². The van der Waals surface area contributed by atoms with Crippen molar-refractivity contribution < 1.29 is 0 Å². The van der Waals surface area contributed by atoms with E-state index in [0.29, 0.717) is 12.6 Å². The van der Waals surface area contributed by atoms with Gasteiger partial charge in [-0.1, -0.05) is 25.1 Å². The predicted molar refractivity (Wildman–Crippen MR) is 69.6 cm³/mol. The number of piperidine rings is 1. The third-order valence-electron chi connectivity index (χ3n) is 3.62. The Bertz CT molecular complexity index is 335. The van der Waals surface area contributed by atoms with Crippen molar-refractivity contribution in [3.63, 3.8) is 0 Å². The van der Waals surface area contributed by atoms with Gasteiger partial charge in [0.1, 0.15) is 0 Å². The van der Waals surface area contributed by atoms with Crippen LogP contribution in [-0.2, 0) is 6.54 Å². The second kappa shape index (κ2) is 5.35. The lowest BCUT2D eigenvalue weighted by molar-refractivity contribution is 0.449. The minimum atomic E-state index is 0.642. The molecule has 2 rings (SSSR count). The van der Waals surface area contributed by atoms with Gasteiger partial charge in [0, 0.05) is 24.8 Å². The van der Waals surface area contributed by atoms with E-state index < -0.39 is 0 Å². The maximum atomic E-state index is 5.82. The normalized spacial score (nSPS) is 21.1. The third kappa shape index (κ3) is 2.22. The van der Waals surface area contributed by atoms with Crippen LogP contribution in [0.2, 0.25) is 0 Å². The van der Waals surface area contributed by atoms with Crippen LogP contribution >= 0.6 is 0 Å². The molecular formula is C14H22N2. The van der Waals surface area contributed by atoms with E-state index in [1.807, 2.05) is 0 Å². The smallest absolute Gasteiger partial charge is 0.0414 e. The van der Waals surface area contributed by atoms with Crippen molar-refractivity contribution in [3.05, 3.63) is 29.8 Å². The number of nitrogens with zero attached hydrogens (tertiary/aromatic N) is 1. The molecule has 0 aliphatic carbocycles. The Labute approximate surface area is 98.4 Å². The number of benzene rings is 1. The average molecular weight is 218 g/mol. The zero-order valence-corrected chi connectivity index (χ0v) is 10.2. The summed E-state index contributed by atoms with van der Waals surface area (Å²) in [6, 6.07) is 9.28. The van der Waals surface area contributed by atoms with Gasteiger partial charge < -0.3 is 10.6 Å². The van der Waals surface area contributed by atoms with E-state index >= 15 is 0 Å². The van der Waals surface area contributed by atoms with Gasteiger partial charge in [-0.25, -0.2) is 0 Å². The molecule has 0 unspecified atom stereocenters. The lowest BCUT2D eigenvalue weighted by Gasteiger charge is -2.38. The summed E-state index contributed by atoms with van der Waals surface area (Å²) in [5.74, 6) is 0. The van der Waals surface area contributed by atoms with Gasteiger partial charge in [-0.3, -0.25) is 0 Å². The fourth-order valence-corrected chi connectivity index (χ4v) is 2.71. The molecule has 1 aromatic carbocycles. The highest BCUT2D eigenvalue weighted by Crippen LogP contribution is 2.28. The molecule has 0 bridgehead atoms. The van der Waals surface area contributed by atoms with Crippen molar-refractivity contribution in [2.45, 2.75) is 45.2 Å². The zero-order chi connectivity index (χ0) is 11.4. The van der Waals surface area contributed by atoms with Gasteiger partial charge in [0.25, 0.3) is 0 Å². The van der Waals surface area contributed by atoms with Crippen molar-refractivity contribution >= 4 is 5.69 Å². The van der Waals surface area contributed by atoms with E-state index in [-0.39, 0.29) is 0 Å². The predicted octanol–water partition coefficient (Wildman–Crippen LogP) is 2.91. The third-order valence-corrected chi connectivity index (χ3v) is 3.62. The van der Waals surface area contributed by atoms with Gasteiger partial charge in [0.2, 0.25) is 0 Å². The van der Waals surface area contributed by atoms with Crippen LogP contribution in [0.3, 0.4) is 0 Å². The molecule has 88 valence electrons. The number of hydrogen-bond acceptors (Lipinski definition) is 2. The number of anilines is 1. The van der Waals surface area contributed by atoms with E-state index in [0.717, 1.165) is 0 Å². The second-order valence-electron chi connectivity index (χ2n) is 4.58. The number of para-hydroxylation sites is 1. The molecular weight excluding hydrogens is 196 g/mol. The van der Waals surface area contributed by atoms with E-state index in [9.17, 15) is 0 Å². The molecule has 0 radical (unpaired) electrons. The first-order valence-corrected chi connectivity index (χ1v) is 6.41. The molecule has 2 heteroatoms. The Balaban J connectivity index is 2.26. The van der Waals surface area contributed by atoms with Crippen LogP contribution < -0.4 is 10.6 Å². The maximum Gasteiger partial charge on any atom is 0.0414 e. The Hall–Kier alpha value is -1.02. The molecule has 0 aromatic heterocycles. The number of nitrogens with two attached hydrogens (primary N) is 1. The summed E-state index contributed by atoms with van der Waals surface area (Å²) in [4.78, 5) is 2.56. The largest absolute Gasteiger partial charge is 0.368 e. The van der Waals surface area contributed by atoms with Crippen LogP contribution in [0, 0.1) is 0 Å². The van der Waals surface area contributed by atoms with Crippen molar-refractivity contribution in [1.29, 1.82) is 0 Å². The topological polar surface area (TPSA) is 29.3 Å². The highest BCUT2D eigenvalue weighted by molar-refractivity contribution is 5.54. The van der Waals surface area contributed by atoms with Crippen LogP contribution in [0.1, 0.15) is 38.2 Å². The lowest BCUT2D eigenvalue weighted by atomic mass is 9.98. The standard InChI is InChI=1S/C14H22N2/c1-2-13-8-5-6-10-16(13)14-9-4-3-7-12(14)11-15/h3-4,7,9,13H,2,5-6,8,10-11,15H2,1H3/t13-/m1/s1. The highest BCUT2D eigenvalue weighted by Gasteiger charge is 2.22. The molecule has 2 N–H and O–H groups in total. The van der Waals surface area contributed by atoms with Gasteiger partial charge in [-0.2, -0.15) is 0 Å². The fraction of sp³-hybridized carbons (Fsp3) is 0.571. The first-order chi connectivity index (χ1) is 7.86. The van der Waals surface area contributed by atoms with Crippen molar-refractivity contribution in [1.82, 2.24) is 0 Å². The summed E-state index contributed by atoms with van der Waals surface area (Å²) >= 11 is 0. The monoisotopic (exact) mass is 218 g/mol. The zero-order valence-electron chi connectivity index (χ0n) is 10.2. The summed E-state index contributed by atoms with van der Waals surface area (Å²) in [6.45, 7) is 4.12. The van der Waals surface area contributed by atoms with Gasteiger partial charge in [0.15, 0.2) is 0 Å². The number of rotatable bonds is 3. The molecule has 1 saturated heterocycles. The van der Waals surface area contributed by atoms with Crippen LogP contribution in [0.4, 0.5) is 5.69 Å². The summed E-state index contributed by atoms with van der Waals surface area (Å²) in [6.07, 6.45) is 5.25. The molecule has 0 saturated carbocycles. The van der Waals surface area contributed by atoms with Crippen molar-refractivity contribution in [3.8, 4) is 0 Å². The summed E-state index contributed by atoms with van der Waals surface area (Å²) < 4.78 is 0. The Morgan fingerprint density at radius 1 is 1.31 bits per heavy atom. The second-order valence-corrected chi connectivity index (χ2v) is 4.58. The molecule has 1 fully saturated rings. The van der Waals surface area contributed by atoms with Crippen LogP contribution in [-0.4, -0.2) is 12.6 Å². The maximum absolute atomic E-state index is 5.82. The van der Waals surface area contributed by atoms with E-state index in [4.69, 9.17) is 5.73 Å². The summed E-state index contributed by atoms with van der Waals surface area (Å²) in [7, 11) is 0. The van der Waals surface area contributed by atoms with Crippen molar-refractivity contribution in [2.75, 3.05) is 11.4 Å². The minimum Gasteiger partial charge on any atom is -0.368 e.